The van der Waals surface area contributed by atoms with Crippen LogP contribution in [0.5, 0.6) is 0 Å². The van der Waals surface area contributed by atoms with Crippen molar-refractivity contribution in [3.05, 3.63) is 29.8 Å². The summed E-state index contributed by atoms with van der Waals surface area (Å²) in [7, 11) is 0. The normalized spacial score (nSPS) is 12.7. The molecule has 0 saturated heterocycles. The van der Waals surface area contributed by atoms with Crippen molar-refractivity contribution in [3.63, 3.8) is 0 Å². The van der Waals surface area contributed by atoms with Gasteiger partial charge < -0.3 is 5.73 Å². The van der Waals surface area contributed by atoms with Crippen molar-refractivity contribution in [2.24, 2.45) is 5.92 Å². The van der Waals surface area contributed by atoms with Crippen molar-refractivity contribution in [2.75, 3.05) is 5.73 Å². The van der Waals surface area contributed by atoms with Crippen LogP contribution in [-0.4, -0.2) is 0 Å². The van der Waals surface area contributed by atoms with Gasteiger partial charge in [0.15, 0.2) is 0 Å². The number of anilines is 1. The van der Waals surface area contributed by atoms with Gasteiger partial charge >= 0.3 is 0 Å². The second-order valence-electron chi connectivity index (χ2n) is 4.10. The van der Waals surface area contributed by atoms with Crippen molar-refractivity contribution >= 4 is 5.69 Å². The number of hydrogen-bond donors (Lipinski definition) is 1. The SMILES string of the molecule is CCC(C)CCCc1ccccc1N. The summed E-state index contributed by atoms with van der Waals surface area (Å²) in [5.74, 6) is 0.847. The molecule has 0 aliphatic rings. The van der Waals surface area contributed by atoms with E-state index in [1.54, 1.807) is 0 Å². The van der Waals surface area contributed by atoms with Gasteiger partial charge in [0.1, 0.15) is 0 Å². The molecule has 1 nitrogen and oxygen atoms in total. The van der Waals surface area contributed by atoms with Crippen molar-refractivity contribution in [1.82, 2.24) is 0 Å². The second kappa shape index (κ2) is 5.69. The monoisotopic (exact) mass is 191 g/mol. The fourth-order valence-electron chi connectivity index (χ4n) is 1.61. The molecule has 1 heteroatoms. The third-order valence-electron chi connectivity index (χ3n) is 2.90. The molecule has 0 aromatic heterocycles. The third kappa shape index (κ3) is 3.41. The van der Waals surface area contributed by atoms with E-state index in [0.717, 1.165) is 18.0 Å². The zero-order chi connectivity index (χ0) is 10.4. The molecule has 78 valence electrons. The fraction of sp³-hybridized carbons (Fsp3) is 0.538. The van der Waals surface area contributed by atoms with E-state index in [2.05, 4.69) is 26.0 Å². The molecule has 1 atom stereocenters. The molecule has 0 amide bonds. The molecule has 0 heterocycles. The Morgan fingerprint density at radius 1 is 1.29 bits per heavy atom. The van der Waals surface area contributed by atoms with Crippen LogP contribution in [0, 0.1) is 5.92 Å². The molecule has 0 aliphatic carbocycles. The largest absolute Gasteiger partial charge is 0.399 e. The number of aryl methyl sites for hydroxylation is 1. The van der Waals surface area contributed by atoms with Gasteiger partial charge in [-0.3, -0.25) is 0 Å². The zero-order valence-electron chi connectivity index (χ0n) is 9.29. The lowest BCUT2D eigenvalue weighted by Gasteiger charge is -2.08. The summed E-state index contributed by atoms with van der Waals surface area (Å²) in [6.07, 6.45) is 4.97. The van der Waals surface area contributed by atoms with Gasteiger partial charge in [-0.25, -0.2) is 0 Å². The van der Waals surface area contributed by atoms with Crippen molar-refractivity contribution in [1.29, 1.82) is 0 Å². The minimum absolute atomic E-state index is 0.847. The maximum Gasteiger partial charge on any atom is 0.0346 e. The molecule has 0 fully saturated rings. The van der Waals surface area contributed by atoms with Gasteiger partial charge in [-0.05, 0) is 30.4 Å². The minimum atomic E-state index is 0.847. The Morgan fingerprint density at radius 2 is 2.00 bits per heavy atom. The van der Waals surface area contributed by atoms with Gasteiger partial charge in [0.05, 0.1) is 0 Å². The summed E-state index contributed by atoms with van der Waals surface area (Å²) in [6.45, 7) is 4.57. The number of hydrogen-bond acceptors (Lipinski definition) is 1. The Labute approximate surface area is 87.3 Å². The fourth-order valence-corrected chi connectivity index (χ4v) is 1.61. The maximum absolute atomic E-state index is 5.87. The first-order chi connectivity index (χ1) is 6.74. The number of nitrogens with two attached hydrogens (primary N) is 1. The smallest absolute Gasteiger partial charge is 0.0346 e. The van der Waals surface area contributed by atoms with E-state index in [4.69, 9.17) is 5.73 Å². The lowest BCUT2D eigenvalue weighted by molar-refractivity contribution is 0.496. The first-order valence-electron chi connectivity index (χ1n) is 5.57. The van der Waals surface area contributed by atoms with Crippen LogP contribution in [0.25, 0.3) is 0 Å². The lowest BCUT2D eigenvalue weighted by atomic mass is 9.98. The van der Waals surface area contributed by atoms with Gasteiger partial charge in [0.25, 0.3) is 0 Å². The highest BCUT2D eigenvalue weighted by Gasteiger charge is 2.01. The molecule has 1 rings (SSSR count). The van der Waals surface area contributed by atoms with E-state index in [1.165, 1.54) is 24.8 Å². The topological polar surface area (TPSA) is 26.0 Å². The average Bonchev–Trinajstić information content (AvgIpc) is 2.20. The van der Waals surface area contributed by atoms with Crippen LogP contribution < -0.4 is 5.73 Å². The van der Waals surface area contributed by atoms with Gasteiger partial charge in [-0.1, -0.05) is 44.9 Å². The summed E-state index contributed by atoms with van der Waals surface area (Å²) >= 11 is 0. The summed E-state index contributed by atoms with van der Waals surface area (Å²) in [5, 5.41) is 0. The molecule has 0 aliphatic heterocycles. The van der Waals surface area contributed by atoms with Crippen LogP contribution in [0.1, 0.15) is 38.7 Å². The quantitative estimate of drug-likeness (QED) is 0.706. The first-order valence-corrected chi connectivity index (χ1v) is 5.57. The van der Waals surface area contributed by atoms with Crippen LogP contribution in [0.4, 0.5) is 5.69 Å². The minimum Gasteiger partial charge on any atom is -0.399 e. The second-order valence-corrected chi connectivity index (χ2v) is 4.10. The first kappa shape index (κ1) is 11.1. The van der Waals surface area contributed by atoms with Gasteiger partial charge in [-0.2, -0.15) is 0 Å². The maximum atomic E-state index is 5.87. The van der Waals surface area contributed by atoms with Crippen LogP contribution in [-0.2, 0) is 6.42 Å². The van der Waals surface area contributed by atoms with Crippen molar-refractivity contribution in [3.8, 4) is 0 Å². The van der Waals surface area contributed by atoms with E-state index in [0.29, 0.717) is 0 Å². The molecular formula is C13H21N. The molecule has 0 spiro atoms. The van der Waals surface area contributed by atoms with Crippen LogP contribution in [0.15, 0.2) is 24.3 Å². The standard InChI is InChI=1S/C13H21N/c1-3-11(2)7-6-9-12-8-4-5-10-13(12)14/h4-5,8,10-11H,3,6-7,9,14H2,1-2H3. The average molecular weight is 191 g/mol. The predicted molar refractivity (Wildman–Crippen MR) is 63.2 cm³/mol. The van der Waals surface area contributed by atoms with Gasteiger partial charge in [-0.15, -0.1) is 0 Å². The summed E-state index contributed by atoms with van der Waals surface area (Å²) in [4.78, 5) is 0. The zero-order valence-corrected chi connectivity index (χ0v) is 9.29. The Kier molecular flexibility index (Phi) is 4.51. The molecule has 1 aromatic rings. The van der Waals surface area contributed by atoms with E-state index in [-0.39, 0.29) is 0 Å². The Morgan fingerprint density at radius 3 is 2.64 bits per heavy atom. The lowest BCUT2D eigenvalue weighted by Crippen LogP contribution is -1.97. The molecule has 1 aromatic carbocycles. The predicted octanol–water partition coefficient (Wildman–Crippen LogP) is 3.64. The van der Waals surface area contributed by atoms with Crippen molar-refractivity contribution in [2.45, 2.75) is 39.5 Å². The molecule has 0 radical (unpaired) electrons. The molecule has 0 bridgehead atoms. The Balaban J connectivity index is 2.35. The Bertz CT molecular complexity index is 268. The molecule has 0 saturated carbocycles. The summed E-state index contributed by atoms with van der Waals surface area (Å²) in [5.41, 5.74) is 8.11. The number of nitrogen functional groups attached to an aromatic ring is 1. The molecule has 1 unspecified atom stereocenters. The molecular weight excluding hydrogens is 170 g/mol. The van der Waals surface area contributed by atoms with E-state index >= 15 is 0 Å². The van der Waals surface area contributed by atoms with Crippen LogP contribution >= 0.6 is 0 Å². The summed E-state index contributed by atoms with van der Waals surface area (Å²) in [6, 6.07) is 8.17. The van der Waals surface area contributed by atoms with Crippen LogP contribution in [0.2, 0.25) is 0 Å². The number of para-hydroxylation sites is 1. The highest BCUT2D eigenvalue weighted by Crippen LogP contribution is 2.16. The summed E-state index contributed by atoms with van der Waals surface area (Å²) < 4.78 is 0. The van der Waals surface area contributed by atoms with Crippen molar-refractivity contribution < 1.29 is 0 Å². The van der Waals surface area contributed by atoms with Crippen LogP contribution in [0.3, 0.4) is 0 Å². The van der Waals surface area contributed by atoms with E-state index in [1.807, 2.05) is 12.1 Å². The Hall–Kier alpha value is -0.980. The van der Waals surface area contributed by atoms with E-state index in [9.17, 15) is 0 Å². The van der Waals surface area contributed by atoms with E-state index < -0.39 is 0 Å². The highest BCUT2D eigenvalue weighted by atomic mass is 14.6. The highest BCUT2D eigenvalue weighted by molar-refractivity contribution is 5.46. The third-order valence-corrected chi connectivity index (χ3v) is 2.90. The van der Waals surface area contributed by atoms with Gasteiger partial charge in [0, 0.05) is 5.69 Å². The molecule has 2 N–H and O–H groups in total. The number of benzene rings is 1. The van der Waals surface area contributed by atoms with Gasteiger partial charge in [0.2, 0.25) is 0 Å². The molecule has 14 heavy (non-hydrogen) atoms. The number of rotatable bonds is 5.